The third-order valence-electron chi connectivity index (χ3n) is 3.69. The number of halogens is 1. The molecule has 1 saturated carbocycles. The first kappa shape index (κ1) is 16.5. The fourth-order valence-electron chi connectivity index (χ4n) is 2.52. The Bertz CT molecular complexity index is 450. The lowest BCUT2D eigenvalue weighted by Gasteiger charge is -2.22. The van der Waals surface area contributed by atoms with Crippen LogP contribution in [0.1, 0.15) is 37.7 Å². The number of carbonyl (C=O) groups is 1. The minimum absolute atomic E-state index is 0.0276. The highest BCUT2D eigenvalue weighted by Crippen LogP contribution is 2.20. The average Bonchev–Trinajstić information content (AvgIpc) is 2.50. The molecule has 0 atom stereocenters. The number of rotatable bonds is 6. The van der Waals surface area contributed by atoms with Crippen molar-refractivity contribution < 1.29 is 4.79 Å². The molecule has 0 unspecified atom stereocenters. The topological polar surface area (TPSA) is 41.1 Å². The standard InChI is InChI=1S/C16H23ClN2OS/c17-15-9-5-4-6-13(15)12-21-11-10-18-16(20)19-14-7-2-1-3-8-14/h4-6,9,14H,1-3,7-8,10-12H2,(H2,18,19,20). The summed E-state index contributed by atoms with van der Waals surface area (Å²) in [4.78, 5) is 11.7. The Morgan fingerprint density at radius 3 is 2.76 bits per heavy atom. The van der Waals surface area contributed by atoms with Crippen molar-refractivity contribution in [3.05, 3.63) is 34.9 Å². The summed E-state index contributed by atoms with van der Waals surface area (Å²) in [6.07, 6.45) is 6.01. The van der Waals surface area contributed by atoms with E-state index in [0.29, 0.717) is 12.6 Å². The molecule has 0 radical (unpaired) electrons. The van der Waals surface area contributed by atoms with Gasteiger partial charge in [0, 0.05) is 29.1 Å². The number of nitrogens with one attached hydrogen (secondary N) is 2. The van der Waals surface area contributed by atoms with Gasteiger partial charge in [0.15, 0.2) is 0 Å². The van der Waals surface area contributed by atoms with Gasteiger partial charge in [-0.1, -0.05) is 49.1 Å². The van der Waals surface area contributed by atoms with Gasteiger partial charge in [0.05, 0.1) is 0 Å². The monoisotopic (exact) mass is 326 g/mol. The van der Waals surface area contributed by atoms with Crippen LogP contribution in [0.5, 0.6) is 0 Å². The summed E-state index contributed by atoms with van der Waals surface area (Å²) < 4.78 is 0. The first-order valence-electron chi connectivity index (χ1n) is 7.61. The second-order valence-corrected chi connectivity index (χ2v) is 6.89. The third kappa shape index (κ3) is 6.18. The maximum atomic E-state index is 11.7. The summed E-state index contributed by atoms with van der Waals surface area (Å²) in [5.74, 6) is 1.77. The molecule has 2 amide bonds. The Morgan fingerprint density at radius 2 is 2.00 bits per heavy atom. The van der Waals surface area contributed by atoms with E-state index in [-0.39, 0.29) is 6.03 Å². The Balaban J connectivity index is 1.55. The maximum Gasteiger partial charge on any atom is 0.315 e. The van der Waals surface area contributed by atoms with Crippen LogP contribution in [0.4, 0.5) is 4.79 Å². The molecule has 0 saturated heterocycles. The zero-order valence-electron chi connectivity index (χ0n) is 12.2. The normalized spacial score (nSPS) is 15.7. The lowest BCUT2D eigenvalue weighted by Crippen LogP contribution is -2.43. The Hall–Kier alpha value is -0.870. The molecule has 0 aromatic heterocycles. The highest BCUT2D eigenvalue weighted by Gasteiger charge is 2.14. The Morgan fingerprint density at radius 1 is 1.24 bits per heavy atom. The molecule has 2 N–H and O–H groups in total. The highest BCUT2D eigenvalue weighted by atomic mass is 35.5. The number of hydrogen-bond donors (Lipinski definition) is 2. The predicted octanol–water partition coefficient (Wildman–Crippen LogP) is 4.21. The molecule has 0 aliphatic heterocycles. The predicted molar refractivity (Wildman–Crippen MR) is 91.0 cm³/mol. The fourth-order valence-corrected chi connectivity index (χ4v) is 3.66. The van der Waals surface area contributed by atoms with Gasteiger partial charge >= 0.3 is 6.03 Å². The summed E-state index contributed by atoms with van der Waals surface area (Å²) in [6, 6.07) is 8.23. The van der Waals surface area contributed by atoms with E-state index in [1.807, 2.05) is 24.3 Å². The van der Waals surface area contributed by atoms with Crippen LogP contribution in [0.15, 0.2) is 24.3 Å². The first-order valence-corrected chi connectivity index (χ1v) is 9.14. The second kappa shape index (κ2) is 9.21. The zero-order valence-corrected chi connectivity index (χ0v) is 13.8. The van der Waals surface area contributed by atoms with E-state index in [1.54, 1.807) is 11.8 Å². The smallest absolute Gasteiger partial charge is 0.315 e. The second-order valence-electron chi connectivity index (χ2n) is 5.38. The molecule has 1 aromatic carbocycles. The van der Waals surface area contributed by atoms with Gasteiger partial charge in [-0.25, -0.2) is 4.79 Å². The fraction of sp³-hybridized carbons (Fsp3) is 0.562. The molecule has 2 rings (SSSR count). The Labute approximate surface area is 136 Å². The summed E-state index contributed by atoms with van der Waals surface area (Å²) >= 11 is 7.88. The molecule has 116 valence electrons. The van der Waals surface area contributed by atoms with E-state index in [2.05, 4.69) is 10.6 Å². The van der Waals surface area contributed by atoms with Crippen LogP contribution in [0, 0.1) is 0 Å². The number of amides is 2. The van der Waals surface area contributed by atoms with E-state index in [1.165, 1.54) is 19.3 Å². The first-order chi connectivity index (χ1) is 10.3. The van der Waals surface area contributed by atoms with Crippen molar-refractivity contribution in [1.29, 1.82) is 0 Å². The Kier molecular flexibility index (Phi) is 7.24. The van der Waals surface area contributed by atoms with Crippen LogP contribution in [-0.2, 0) is 5.75 Å². The van der Waals surface area contributed by atoms with Crippen LogP contribution in [0.2, 0.25) is 5.02 Å². The molecule has 0 bridgehead atoms. The van der Waals surface area contributed by atoms with E-state index in [9.17, 15) is 4.79 Å². The van der Waals surface area contributed by atoms with E-state index < -0.39 is 0 Å². The molecule has 21 heavy (non-hydrogen) atoms. The molecular formula is C16H23ClN2OS. The van der Waals surface area contributed by atoms with Crippen molar-refractivity contribution in [2.24, 2.45) is 0 Å². The van der Waals surface area contributed by atoms with E-state index in [0.717, 1.165) is 34.9 Å². The van der Waals surface area contributed by atoms with Crippen LogP contribution in [0.25, 0.3) is 0 Å². The van der Waals surface area contributed by atoms with Crippen molar-refractivity contribution in [2.75, 3.05) is 12.3 Å². The summed E-state index contributed by atoms with van der Waals surface area (Å²) in [5, 5.41) is 6.80. The number of thioether (sulfide) groups is 1. The minimum atomic E-state index is -0.0276. The lowest BCUT2D eigenvalue weighted by atomic mass is 9.96. The van der Waals surface area contributed by atoms with Gasteiger partial charge < -0.3 is 10.6 Å². The van der Waals surface area contributed by atoms with Gasteiger partial charge in [0.1, 0.15) is 0 Å². The number of hydrogen-bond acceptors (Lipinski definition) is 2. The maximum absolute atomic E-state index is 11.7. The number of carbonyl (C=O) groups excluding carboxylic acids is 1. The van der Waals surface area contributed by atoms with Crippen LogP contribution < -0.4 is 10.6 Å². The SMILES string of the molecule is O=C(NCCSCc1ccccc1Cl)NC1CCCCC1. The van der Waals surface area contributed by atoms with Crippen molar-refractivity contribution >= 4 is 29.4 Å². The van der Waals surface area contributed by atoms with Crippen LogP contribution in [-0.4, -0.2) is 24.4 Å². The summed E-state index contributed by atoms with van der Waals surface area (Å²) in [5.41, 5.74) is 1.15. The molecule has 1 aliphatic rings. The quantitative estimate of drug-likeness (QED) is 0.769. The third-order valence-corrected chi connectivity index (χ3v) is 5.06. The molecule has 5 heteroatoms. The minimum Gasteiger partial charge on any atom is -0.337 e. The lowest BCUT2D eigenvalue weighted by molar-refractivity contribution is 0.233. The molecule has 0 heterocycles. The van der Waals surface area contributed by atoms with Crippen molar-refractivity contribution in [3.8, 4) is 0 Å². The van der Waals surface area contributed by atoms with Crippen molar-refractivity contribution in [3.63, 3.8) is 0 Å². The molecule has 3 nitrogen and oxygen atoms in total. The molecule has 1 fully saturated rings. The van der Waals surface area contributed by atoms with E-state index in [4.69, 9.17) is 11.6 Å². The number of urea groups is 1. The van der Waals surface area contributed by atoms with Gasteiger partial charge in [-0.2, -0.15) is 11.8 Å². The van der Waals surface area contributed by atoms with Gasteiger partial charge in [-0.15, -0.1) is 0 Å². The van der Waals surface area contributed by atoms with Crippen LogP contribution in [0.3, 0.4) is 0 Å². The van der Waals surface area contributed by atoms with Crippen LogP contribution >= 0.6 is 23.4 Å². The summed E-state index contributed by atoms with van der Waals surface area (Å²) in [6.45, 7) is 0.688. The zero-order chi connectivity index (χ0) is 14.9. The molecule has 1 aromatic rings. The van der Waals surface area contributed by atoms with Crippen molar-refractivity contribution in [1.82, 2.24) is 10.6 Å². The largest absolute Gasteiger partial charge is 0.337 e. The average molecular weight is 327 g/mol. The summed E-state index contributed by atoms with van der Waals surface area (Å²) in [7, 11) is 0. The number of benzene rings is 1. The highest BCUT2D eigenvalue weighted by molar-refractivity contribution is 7.98. The van der Waals surface area contributed by atoms with E-state index >= 15 is 0 Å². The van der Waals surface area contributed by atoms with Gasteiger partial charge in [0.25, 0.3) is 0 Å². The molecule has 0 spiro atoms. The molecular weight excluding hydrogens is 304 g/mol. The molecule has 1 aliphatic carbocycles. The van der Waals surface area contributed by atoms with Crippen molar-refractivity contribution in [2.45, 2.75) is 43.9 Å². The van der Waals surface area contributed by atoms with Gasteiger partial charge in [-0.3, -0.25) is 0 Å². The van der Waals surface area contributed by atoms with Gasteiger partial charge in [0.2, 0.25) is 0 Å². The van der Waals surface area contributed by atoms with Gasteiger partial charge in [-0.05, 0) is 24.5 Å².